The summed E-state index contributed by atoms with van der Waals surface area (Å²) in [5.41, 5.74) is 2.16. The van der Waals surface area contributed by atoms with Gasteiger partial charge >= 0.3 is 0 Å². The lowest BCUT2D eigenvalue weighted by molar-refractivity contribution is 0.624. The quantitative estimate of drug-likeness (QED) is 0.631. The van der Waals surface area contributed by atoms with E-state index in [0.29, 0.717) is 0 Å². The standard InChI is InChI=1S/C16H18FNS/c1-13-11-15(17)8-7-14(13)12-18-9-10-19-16-5-3-2-4-6-16/h2-8,11,18H,9-10,12H2,1H3. The molecule has 0 radical (unpaired) electrons. The Morgan fingerprint density at radius 3 is 2.63 bits per heavy atom. The van der Waals surface area contributed by atoms with E-state index >= 15 is 0 Å². The summed E-state index contributed by atoms with van der Waals surface area (Å²) in [6.07, 6.45) is 0. The molecule has 0 heterocycles. The van der Waals surface area contributed by atoms with Crippen molar-refractivity contribution in [1.82, 2.24) is 5.32 Å². The zero-order valence-electron chi connectivity index (χ0n) is 11.0. The molecule has 1 N–H and O–H groups in total. The molecule has 100 valence electrons. The molecule has 3 heteroatoms. The van der Waals surface area contributed by atoms with Gasteiger partial charge in [0.2, 0.25) is 0 Å². The molecule has 0 aliphatic heterocycles. The van der Waals surface area contributed by atoms with Crippen LogP contribution in [0.25, 0.3) is 0 Å². The molecule has 0 fully saturated rings. The minimum atomic E-state index is -0.166. The Labute approximate surface area is 118 Å². The fourth-order valence-corrected chi connectivity index (χ4v) is 2.67. The molecule has 2 aromatic carbocycles. The molecule has 0 saturated carbocycles. The van der Waals surface area contributed by atoms with E-state index in [-0.39, 0.29) is 5.82 Å². The highest BCUT2D eigenvalue weighted by Crippen LogP contribution is 2.16. The molecule has 2 rings (SSSR count). The molecule has 2 aromatic rings. The number of hydrogen-bond donors (Lipinski definition) is 1. The van der Waals surface area contributed by atoms with Crippen LogP contribution in [0, 0.1) is 12.7 Å². The zero-order valence-corrected chi connectivity index (χ0v) is 11.8. The van der Waals surface area contributed by atoms with Crippen molar-refractivity contribution in [3.8, 4) is 0 Å². The number of benzene rings is 2. The normalized spacial score (nSPS) is 10.6. The summed E-state index contributed by atoms with van der Waals surface area (Å²) in [5, 5.41) is 3.39. The van der Waals surface area contributed by atoms with Crippen molar-refractivity contribution >= 4 is 11.8 Å². The van der Waals surface area contributed by atoms with E-state index in [1.165, 1.54) is 11.0 Å². The largest absolute Gasteiger partial charge is 0.312 e. The first kappa shape index (κ1) is 14.1. The van der Waals surface area contributed by atoms with Crippen LogP contribution >= 0.6 is 11.8 Å². The number of thioether (sulfide) groups is 1. The molecular weight excluding hydrogens is 257 g/mol. The summed E-state index contributed by atoms with van der Waals surface area (Å²) in [6, 6.07) is 15.3. The topological polar surface area (TPSA) is 12.0 Å². The van der Waals surface area contributed by atoms with Crippen LogP contribution in [0.4, 0.5) is 4.39 Å². The van der Waals surface area contributed by atoms with Crippen molar-refractivity contribution < 1.29 is 4.39 Å². The van der Waals surface area contributed by atoms with Crippen molar-refractivity contribution in [2.24, 2.45) is 0 Å². The van der Waals surface area contributed by atoms with Gasteiger partial charge in [-0.05, 0) is 42.3 Å². The van der Waals surface area contributed by atoms with E-state index in [1.54, 1.807) is 6.07 Å². The van der Waals surface area contributed by atoms with Crippen molar-refractivity contribution in [2.45, 2.75) is 18.4 Å². The highest BCUT2D eigenvalue weighted by Gasteiger charge is 1.99. The second-order valence-electron chi connectivity index (χ2n) is 4.41. The van der Waals surface area contributed by atoms with Gasteiger partial charge < -0.3 is 5.32 Å². The second-order valence-corrected chi connectivity index (χ2v) is 5.58. The molecule has 0 saturated heterocycles. The van der Waals surface area contributed by atoms with Gasteiger partial charge in [-0.15, -0.1) is 11.8 Å². The van der Waals surface area contributed by atoms with Crippen molar-refractivity contribution in [3.05, 3.63) is 65.5 Å². The maximum atomic E-state index is 13.0. The summed E-state index contributed by atoms with van der Waals surface area (Å²) in [5.74, 6) is 0.866. The first-order chi connectivity index (χ1) is 9.25. The van der Waals surface area contributed by atoms with Gasteiger partial charge in [0, 0.05) is 23.7 Å². The Kier molecular flexibility index (Phi) is 5.43. The summed E-state index contributed by atoms with van der Waals surface area (Å²) in [4.78, 5) is 1.29. The summed E-state index contributed by atoms with van der Waals surface area (Å²) in [7, 11) is 0. The Balaban J connectivity index is 1.69. The molecule has 1 nitrogen and oxygen atoms in total. The van der Waals surface area contributed by atoms with Gasteiger partial charge in [0.1, 0.15) is 5.82 Å². The van der Waals surface area contributed by atoms with Crippen LogP contribution in [0.3, 0.4) is 0 Å². The number of hydrogen-bond acceptors (Lipinski definition) is 2. The maximum absolute atomic E-state index is 13.0. The Morgan fingerprint density at radius 2 is 1.89 bits per heavy atom. The molecule has 0 aliphatic rings. The van der Waals surface area contributed by atoms with Crippen molar-refractivity contribution in [1.29, 1.82) is 0 Å². The first-order valence-electron chi connectivity index (χ1n) is 6.39. The van der Waals surface area contributed by atoms with E-state index in [4.69, 9.17) is 0 Å². The van der Waals surface area contributed by atoms with Crippen LogP contribution in [-0.2, 0) is 6.54 Å². The van der Waals surface area contributed by atoms with Gasteiger partial charge in [-0.1, -0.05) is 24.3 Å². The van der Waals surface area contributed by atoms with E-state index in [9.17, 15) is 4.39 Å². The third-order valence-corrected chi connectivity index (χ3v) is 3.92. The van der Waals surface area contributed by atoms with E-state index < -0.39 is 0 Å². The van der Waals surface area contributed by atoms with Crippen molar-refractivity contribution in [3.63, 3.8) is 0 Å². The van der Waals surface area contributed by atoms with Crippen LogP contribution in [0.15, 0.2) is 53.4 Å². The van der Waals surface area contributed by atoms with Gasteiger partial charge in [-0.3, -0.25) is 0 Å². The van der Waals surface area contributed by atoms with Gasteiger partial charge in [0.25, 0.3) is 0 Å². The number of rotatable bonds is 6. The van der Waals surface area contributed by atoms with Crippen LogP contribution in [-0.4, -0.2) is 12.3 Å². The molecule has 0 aromatic heterocycles. The summed E-state index contributed by atoms with van der Waals surface area (Å²) in [6.45, 7) is 3.68. The Hall–Kier alpha value is -1.32. The van der Waals surface area contributed by atoms with Crippen LogP contribution in [0.1, 0.15) is 11.1 Å². The molecule has 19 heavy (non-hydrogen) atoms. The fraction of sp³-hybridized carbons (Fsp3) is 0.250. The molecule has 0 atom stereocenters. The SMILES string of the molecule is Cc1cc(F)ccc1CNCCSc1ccccc1. The first-order valence-corrected chi connectivity index (χ1v) is 7.38. The fourth-order valence-electron chi connectivity index (χ4n) is 1.84. The molecule has 0 amide bonds. The molecule has 0 spiro atoms. The van der Waals surface area contributed by atoms with Crippen LogP contribution in [0.5, 0.6) is 0 Å². The van der Waals surface area contributed by atoms with Gasteiger partial charge in [-0.2, -0.15) is 0 Å². The summed E-state index contributed by atoms with van der Waals surface area (Å²) < 4.78 is 13.0. The van der Waals surface area contributed by atoms with Gasteiger partial charge in [-0.25, -0.2) is 4.39 Å². The molecule has 0 bridgehead atoms. The minimum absolute atomic E-state index is 0.166. The molecule has 0 aliphatic carbocycles. The van der Waals surface area contributed by atoms with Crippen molar-refractivity contribution in [2.75, 3.05) is 12.3 Å². The van der Waals surface area contributed by atoms with E-state index in [2.05, 4.69) is 29.6 Å². The lowest BCUT2D eigenvalue weighted by atomic mass is 10.1. The second kappa shape index (κ2) is 7.31. The van der Waals surface area contributed by atoms with E-state index in [1.807, 2.05) is 30.8 Å². The predicted octanol–water partition coefficient (Wildman–Crippen LogP) is 4.02. The third kappa shape index (κ3) is 4.69. The number of aryl methyl sites for hydroxylation is 1. The van der Waals surface area contributed by atoms with E-state index in [0.717, 1.165) is 30.0 Å². The maximum Gasteiger partial charge on any atom is 0.123 e. The Morgan fingerprint density at radius 1 is 1.11 bits per heavy atom. The average Bonchev–Trinajstić information content (AvgIpc) is 2.42. The number of nitrogens with one attached hydrogen (secondary N) is 1. The predicted molar refractivity (Wildman–Crippen MR) is 80.0 cm³/mol. The van der Waals surface area contributed by atoms with Gasteiger partial charge in [0.05, 0.1) is 0 Å². The summed E-state index contributed by atoms with van der Waals surface area (Å²) >= 11 is 1.84. The third-order valence-electron chi connectivity index (χ3n) is 2.91. The van der Waals surface area contributed by atoms with Crippen LogP contribution in [0.2, 0.25) is 0 Å². The number of halogens is 1. The highest BCUT2D eigenvalue weighted by molar-refractivity contribution is 7.99. The smallest absolute Gasteiger partial charge is 0.123 e. The average molecular weight is 275 g/mol. The highest BCUT2D eigenvalue weighted by atomic mass is 32.2. The minimum Gasteiger partial charge on any atom is -0.312 e. The molecule has 0 unspecified atom stereocenters. The zero-order chi connectivity index (χ0) is 13.5. The lowest BCUT2D eigenvalue weighted by Crippen LogP contribution is -2.17. The molecular formula is C16H18FNS. The van der Waals surface area contributed by atoms with Crippen LogP contribution < -0.4 is 5.32 Å². The monoisotopic (exact) mass is 275 g/mol. The Bertz CT molecular complexity index is 513. The van der Waals surface area contributed by atoms with Gasteiger partial charge in [0.15, 0.2) is 0 Å². The lowest BCUT2D eigenvalue weighted by Gasteiger charge is -2.08.